The van der Waals surface area contributed by atoms with Crippen molar-refractivity contribution in [3.8, 4) is 5.75 Å². The summed E-state index contributed by atoms with van der Waals surface area (Å²) in [4.78, 5) is 2.54. The van der Waals surface area contributed by atoms with Gasteiger partial charge in [-0.15, -0.1) is 12.4 Å². The Bertz CT molecular complexity index is 429. The van der Waals surface area contributed by atoms with E-state index in [1.165, 1.54) is 31.7 Å². The molecule has 3 nitrogen and oxygen atoms in total. The third kappa shape index (κ3) is 3.16. The Hall–Kier alpha value is -0.480. The molecule has 2 atom stereocenters. The van der Waals surface area contributed by atoms with E-state index in [-0.39, 0.29) is 12.4 Å². The first-order valence-corrected chi connectivity index (χ1v) is 6.89. The van der Waals surface area contributed by atoms with Crippen molar-refractivity contribution in [2.24, 2.45) is 11.8 Å². The van der Waals surface area contributed by atoms with Crippen LogP contribution in [0.4, 0.5) is 0 Å². The Labute approximate surface area is 125 Å². The van der Waals surface area contributed by atoms with E-state index in [0.717, 1.165) is 24.1 Å². The van der Waals surface area contributed by atoms with E-state index in [4.69, 9.17) is 16.3 Å². The quantitative estimate of drug-likeness (QED) is 0.928. The molecule has 2 saturated heterocycles. The van der Waals surface area contributed by atoms with Gasteiger partial charge in [-0.3, -0.25) is 4.90 Å². The molecule has 2 aliphatic rings. The van der Waals surface area contributed by atoms with Crippen LogP contribution >= 0.6 is 24.0 Å². The highest BCUT2D eigenvalue weighted by Gasteiger charge is 2.35. The first-order valence-electron chi connectivity index (χ1n) is 6.52. The zero-order chi connectivity index (χ0) is 12.5. The number of methoxy groups -OCH3 is 1. The summed E-state index contributed by atoms with van der Waals surface area (Å²) >= 11 is 6.16. The molecule has 1 aromatic carbocycles. The van der Waals surface area contributed by atoms with Gasteiger partial charge in [0.2, 0.25) is 0 Å². The SMILES string of the molecule is COc1ccc(CN2C[C@H]3CNC[C@H]3C2)cc1Cl.Cl. The largest absolute Gasteiger partial charge is 0.495 e. The Morgan fingerprint density at radius 3 is 2.58 bits per heavy atom. The lowest BCUT2D eigenvalue weighted by Gasteiger charge is -2.17. The average molecular weight is 303 g/mol. The number of hydrogen-bond donors (Lipinski definition) is 1. The third-order valence-electron chi connectivity index (χ3n) is 4.09. The molecule has 2 fully saturated rings. The Balaban J connectivity index is 0.00000133. The molecule has 19 heavy (non-hydrogen) atoms. The fourth-order valence-electron chi connectivity index (χ4n) is 3.15. The summed E-state index contributed by atoms with van der Waals surface area (Å²) in [6, 6.07) is 6.08. The van der Waals surface area contributed by atoms with E-state index in [9.17, 15) is 0 Å². The molecule has 1 N–H and O–H groups in total. The number of benzene rings is 1. The first kappa shape index (κ1) is 14.9. The molecular weight excluding hydrogens is 283 g/mol. The second-order valence-electron chi connectivity index (χ2n) is 5.34. The Morgan fingerprint density at radius 2 is 2.00 bits per heavy atom. The van der Waals surface area contributed by atoms with Crippen LogP contribution in [-0.2, 0) is 6.54 Å². The summed E-state index contributed by atoms with van der Waals surface area (Å²) < 4.78 is 5.18. The number of nitrogens with one attached hydrogen (secondary N) is 1. The molecule has 1 aromatic rings. The van der Waals surface area contributed by atoms with Gasteiger partial charge in [-0.25, -0.2) is 0 Å². The zero-order valence-corrected chi connectivity index (χ0v) is 12.6. The van der Waals surface area contributed by atoms with Crippen molar-refractivity contribution in [1.82, 2.24) is 10.2 Å². The van der Waals surface area contributed by atoms with Gasteiger partial charge in [-0.2, -0.15) is 0 Å². The van der Waals surface area contributed by atoms with Crippen molar-refractivity contribution in [2.75, 3.05) is 33.3 Å². The van der Waals surface area contributed by atoms with Gasteiger partial charge in [-0.05, 0) is 42.6 Å². The molecule has 0 unspecified atom stereocenters. The standard InChI is InChI=1S/C14H19ClN2O.ClH/c1-18-14-3-2-10(4-13(14)15)7-17-8-11-5-16-6-12(11)9-17;/h2-4,11-12,16H,5-9H2,1H3;1H/t11-,12+;. The normalized spacial score (nSPS) is 26.0. The maximum Gasteiger partial charge on any atom is 0.137 e. The molecule has 0 spiro atoms. The number of fused-ring (bicyclic) bond motifs is 1. The molecule has 0 bridgehead atoms. The predicted molar refractivity (Wildman–Crippen MR) is 80.4 cm³/mol. The number of likely N-dealkylation sites (tertiary alicyclic amines) is 1. The van der Waals surface area contributed by atoms with Gasteiger partial charge in [0.05, 0.1) is 12.1 Å². The van der Waals surface area contributed by atoms with Gasteiger partial charge in [0, 0.05) is 19.6 Å². The summed E-state index contributed by atoms with van der Waals surface area (Å²) in [7, 11) is 1.65. The molecule has 0 saturated carbocycles. The van der Waals surface area contributed by atoms with E-state index in [0.29, 0.717) is 5.02 Å². The average Bonchev–Trinajstić information content (AvgIpc) is 2.90. The maximum atomic E-state index is 6.16. The second-order valence-corrected chi connectivity index (χ2v) is 5.75. The minimum absolute atomic E-state index is 0. The highest BCUT2D eigenvalue weighted by atomic mass is 35.5. The Morgan fingerprint density at radius 1 is 1.32 bits per heavy atom. The van der Waals surface area contributed by atoms with Gasteiger partial charge in [-0.1, -0.05) is 17.7 Å². The van der Waals surface area contributed by atoms with Crippen LogP contribution in [0.3, 0.4) is 0 Å². The lowest BCUT2D eigenvalue weighted by molar-refractivity contribution is 0.305. The Kier molecular flexibility index (Phi) is 4.96. The van der Waals surface area contributed by atoms with Gasteiger partial charge >= 0.3 is 0 Å². The van der Waals surface area contributed by atoms with Gasteiger partial charge < -0.3 is 10.1 Å². The van der Waals surface area contributed by atoms with Gasteiger partial charge in [0.15, 0.2) is 0 Å². The molecule has 2 heterocycles. The molecule has 0 aromatic heterocycles. The van der Waals surface area contributed by atoms with E-state index in [2.05, 4.69) is 16.3 Å². The predicted octanol–water partition coefficient (Wildman–Crippen LogP) is 2.42. The zero-order valence-electron chi connectivity index (χ0n) is 11.1. The monoisotopic (exact) mass is 302 g/mol. The fraction of sp³-hybridized carbons (Fsp3) is 0.571. The van der Waals surface area contributed by atoms with Crippen LogP contribution in [0.25, 0.3) is 0 Å². The van der Waals surface area contributed by atoms with E-state index in [1.54, 1.807) is 7.11 Å². The lowest BCUT2D eigenvalue weighted by atomic mass is 10.0. The van der Waals surface area contributed by atoms with Crippen LogP contribution in [0.15, 0.2) is 18.2 Å². The second kappa shape index (κ2) is 6.31. The maximum absolute atomic E-state index is 6.16. The molecule has 0 radical (unpaired) electrons. The summed E-state index contributed by atoms with van der Waals surface area (Å²) in [5, 5.41) is 4.17. The number of hydrogen-bond acceptors (Lipinski definition) is 3. The van der Waals surface area contributed by atoms with E-state index < -0.39 is 0 Å². The molecule has 0 aliphatic carbocycles. The third-order valence-corrected chi connectivity index (χ3v) is 4.38. The van der Waals surface area contributed by atoms with Crippen molar-refractivity contribution in [1.29, 1.82) is 0 Å². The van der Waals surface area contributed by atoms with Crippen molar-refractivity contribution >= 4 is 24.0 Å². The molecule has 2 aliphatic heterocycles. The summed E-state index contributed by atoms with van der Waals surface area (Å²) in [5.41, 5.74) is 1.27. The topological polar surface area (TPSA) is 24.5 Å². The van der Waals surface area contributed by atoms with E-state index >= 15 is 0 Å². The molecular formula is C14H20Cl2N2O. The molecule has 5 heteroatoms. The van der Waals surface area contributed by atoms with Crippen molar-refractivity contribution in [3.05, 3.63) is 28.8 Å². The summed E-state index contributed by atoms with van der Waals surface area (Å²) in [5.74, 6) is 2.44. The molecule has 106 valence electrons. The number of nitrogens with zero attached hydrogens (tertiary/aromatic N) is 1. The summed E-state index contributed by atoms with van der Waals surface area (Å²) in [6.07, 6.45) is 0. The van der Waals surface area contributed by atoms with Crippen LogP contribution in [0.2, 0.25) is 5.02 Å². The minimum Gasteiger partial charge on any atom is -0.495 e. The van der Waals surface area contributed by atoms with Crippen LogP contribution < -0.4 is 10.1 Å². The van der Waals surface area contributed by atoms with Gasteiger partial charge in [0.1, 0.15) is 5.75 Å². The van der Waals surface area contributed by atoms with Crippen molar-refractivity contribution in [2.45, 2.75) is 6.54 Å². The van der Waals surface area contributed by atoms with Crippen LogP contribution in [-0.4, -0.2) is 38.2 Å². The number of halogens is 2. The highest BCUT2D eigenvalue weighted by Crippen LogP contribution is 2.29. The molecule has 0 amide bonds. The van der Waals surface area contributed by atoms with Crippen molar-refractivity contribution in [3.63, 3.8) is 0 Å². The van der Waals surface area contributed by atoms with Crippen LogP contribution in [0.1, 0.15) is 5.56 Å². The number of ether oxygens (including phenoxy) is 1. The number of rotatable bonds is 3. The minimum atomic E-state index is 0. The summed E-state index contributed by atoms with van der Waals surface area (Å²) in [6.45, 7) is 5.79. The van der Waals surface area contributed by atoms with Crippen LogP contribution in [0.5, 0.6) is 5.75 Å². The molecule has 3 rings (SSSR count). The van der Waals surface area contributed by atoms with Crippen molar-refractivity contribution < 1.29 is 4.74 Å². The lowest BCUT2D eigenvalue weighted by Crippen LogP contribution is -2.25. The fourth-order valence-corrected chi connectivity index (χ4v) is 3.43. The van der Waals surface area contributed by atoms with Gasteiger partial charge in [0.25, 0.3) is 0 Å². The smallest absolute Gasteiger partial charge is 0.137 e. The first-order chi connectivity index (χ1) is 8.76. The van der Waals surface area contributed by atoms with Crippen LogP contribution in [0, 0.1) is 11.8 Å². The van der Waals surface area contributed by atoms with E-state index in [1.807, 2.05) is 12.1 Å². The highest BCUT2D eigenvalue weighted by molar-refractivity contribution is 6.32.